The molecule has 0 fully saturated rings. The molecule has 0 atom stereocenters. The fourth-order valence-electron chi connectivity index (χ4n) is 1.81. The third-order valence-electron chi connectivity index (χ3n) is 2.85. The van der Waals surface area contributed by atoms with Crippen molar-refractivity contribution in [3.8, 4) is 0 Å². The highest BCUT2D eigenvalue weighted by Gasteiger charge is 2.08. The van der Waals surface area contributed by atoms with E-state index in [1.807, 2.05) is 6.92 Å². The quantitative estimate of drug-likeness (QED) is 0.758. The summed E-state index contributed by atoms with van der Waals surface area (Å²) >= 11 is 0. The number of benzene rings is 2. The summed E-state index contributed by atoms with van der Waals surface area (Å²) in [5.74, 6) is -2.08. The molecular weight excluding hydrogens is 276 g/mol. The molecule has 0 aliphatic carbocycles. The first-order valence-electron chi connectivity index (χ1n) is 6.41. The van der Waals surface area contributed by atoms with E-state index in [9.17, 15) is 13.6 Å². The fourth-order valence-corrected chi connectivity index (χ4v) is 1.81. The van der Waals surface area contributed by atoms with Crippen LogP contribution in [0.25, 0.3) is 0 Å². The molecule has 0 aliphatic heterocycles. The van der Waals surface area contributed by atoms with Crippen LogP contribution in [0.5, 0.6) is 0 Å². The van der Waals surface area contributed by atoms with Gasteiger partial charge in [-0.1, -0.05) is 0 Å². The fraction of sp³-hybridized carbons (Fsp3) is 0.133. The van der Waals surface area contributed by atoms with E-state index in [0.29, 0.717) is 29.2 Å². The van der Waals surface area contributed by atoms with Gasteiger partial charge in [-0.15, -0.1) is 0 Å². The Morgan fingerprint density at radius 3 is 2.52 bits per heavy atom. The second-order valence-corrected chi connectivity index (χ2v) is 4.42. The number of nitrogen functional groups attached to an aromatic ring is 1. The molecule has 1 amide bonds. The minimum atomic E-state index is -0.947. The second kappa shape index (κ2) is 6.21. The van der Waals surface area contributed by atoms with Crippen molar-refractivity contribution in [2.75, 3.05) is 17.6 Å². The molecular formula is C15H15F2N3O. The smallest absolute Gasteiger partial charge is 0.251 e. The summed E-state index contributed by atoms with van der Waals surface area (Å²) in [6, 6.07) is 8.19. The molecule has 4 N–H and O–H groups in total. The summed E-state index contributed by atoms with van der Waals surface area (Å²) in [6.45, 7) is 2.34. The number of carbonyl (C=O) groups is 1. The van der Waals surface area contributed by atoms with Crippen molar-refractivity contribution in [2.24, 2.45) is 0 Å². The highest BCUT2D eigenvalue weighted by molar-refractivity contribution is 5.96. The lowest BCUT2D eigenvalue weighted by atomic mass is 10.1. The van der Waals surface area contributed by atoms with Crippen LogP contribution in [0.2, 0.25) is 0 Å². The first-order chi connectivity index (χ1) is 10.0. The molecule has 6 heteroatoms. The van der Waals surface area contributed by atoms with Gasteiger partial charge in [0.15, 0.2) is 11.6 Å². The van der Waals surface area contributed by atoms with Crippen molar-refractivity contribution in [1.82, 2.24) is 5.32 Å². The molecule has 0 heterocycles. The van der Waals surface area contributed by atoms with Crippen molar-refractivity contribution in [3.05, 3.63) is 53.6 Å². The molecule has 2 aromatic rings. The average molecular weight is 291 g/mol. The summed E-state index contributed by atoms with van der Waals surface area (Å²) in [6.07, 6.45) is 0. The molecule has 2 rings (SSSR count). The van der Waals surface area contributed by atoms with Crippen LogP contribution in [-0.4, -0.2) is 12.5 Å². The average Bonchev–Trinajstić information content (AvgIpc) is 2.45. The van der Waals surface area contributed by atoms with Crippen LogP contribution in [0.3, 0.4) is 0 Å². The number of rotatable bonds is 4. The molecule has 21 heavy (non-hydrogen) atoms. The Bertz CT molecular complexity index is 674. The molecule has 0 bridgehead atoms. The molecule has 0 saturated heterocycles. The standard InChI is InChI=1S/C15H15F2N3O/c1-2-19-15(21)9-3-6-14(13(18)7-9)20-10-4-5-11(16)12(17)8-10/h3-8,20H,2,18H2,1H3,(H,19,21). The minimum absolute atomic E-state index is 0.219. The Labute approximate surface area is 121 Å². The third-order valence-corrected chi connectivity index (χ3v) is 2.85. The van der Waals surface area contributed by atoms with Crippen LogP contribution in [0, 0.1) is 11.6 Å². The zero-order chi connectivity index (χ0) is 15.4. The first kappa shape index (κ1) is 14.8. The first-order valence-corrected chi connectivity index (χ1v) is 6.41. The van der Waals surface area contributed by atoms with Crippen molar-refractivity contribution in [2.45, 2.75) is 6.92 Å². The monoisotopic (exact) mass is 291 g/mol. The van der Waals surface area contributed by atoms with Crippen molar-refractivity contribution in [3.63, 3.8) is 0 Å². The van der Waals surface area contributed by atoms with Crippen LogP contribution < -0.4 is 16.4 Å². The summed E-state index contributed by atoms with van der Waals surface area (Å²) in [7, 11) is 0. The number of halogens is 2. The van der Waals surface area contributed by atoms with Crippen molar-refractivity contribution < 1.29 is 13.6 Å². The van der Waals surface area contributed by atoms with Crippen LogP contribution in [-0.2, 0) is 0 Å². The topological polar surface area (TPSA) is 67.2 Å². The van der Waals surface area contributed by atoms with Crippen LogP contribution in [0.4, 0.5) is 25.8 Å². The van der Waals surface area contributed by atoms with Gasteiger partial charge in [0, 0.05) is 23.9 Å². The summed E-state index contributed by atoms with van der Waals surface area (Å²) in [5, 5.41) is 5.54. The molecule has 0 spiro atoms. The molecule has 0 aliphatic rings. The minimum Gasteiger partial charge on any atom is -0.397 e. The van der Waals surface area contributed by atoms with E-state index in [-0.39, 0.29) is 5.91 Å². The number of nitrogens with two attached hydrogens (primary N) is 1. The highest BCUT2D eigenvalue weighted by Crippen LogP contribution is 2.25. The van der Waals surface area contributed by atoms with E-state index in [4.69, 9.17) is 5.73 Å². The molecule has 2 aromatic carbocycles. The number of anilines is 3. The summed E-state index contributed by atoms with van der Waals surface area (Å²) < 4.78 is 26.0. The van der Waals surface area contributed by atoms with Gasteiger partial charge in [-0.2, -0.15) is 0 Å². The Balaban J connectivity index is 2.21. The number of amides is 1. The zero-order valence-corrected chi connectivity index (χ0v) is 11.4. The van der Waals surface area contributed by atoms with Gasteiger partial charge >= 0.3 is 0 Å². The number of carbonyl (C=O) groups excluding carboxylic acids is 1. The highest BCUT2D eigenvalue weighted by atomic mass is 19.2. The molecule has 110 valence electrons. The number of hydrogen-bond acceptors (Lipinski definition) is 3. The third kappa shape index (κ3) is 3.47. The molecule has 0 aromatic heterocycles. The molecule has 0 radical (unpaired) electrons. The molecule has 4 nitrogen and oxygen atoms in total. The Morgan fingerprint density at radius 2 is 1.90 bits per heavy atom. The number of hydrogen-bond donors (Lipinski definition) is 3. The predicted molar refractivity (Wildman–Crippen MR) is 78.5 cm³/mol. The number of nitrogens with one attached hydrogen (secondary N) is 2. The lowest BCUT2D eigenvalue weighted by Crippen LogP contribution is -2.22. The maximum atomic E-state index is 13.1. The van der Waals surface area contributed by atoms with E-state index < -0.39 is 11.6 Å². The van der Waals surface area contributed by atoms with Gasteiger partial charge in [-0.25, -0.2) is 8.78 Å². The SMILES string of the molecule is CCNC(=O)c1ccc(Nc2ccc(F)c(F)c2)c(N)c1. The Morgan fingerprint density at radius 1 is 1.14 bits per heavy atom. The van der Waals surface area contributed by atoms with Gasteiger partial charge < -0.3 is 16.4 Å². The summed E-state index contributed by atoms with van der Waals surface area (Å²) in [5.41, 5.74) is 7.51. The second-order valence-electron chi connectivity index (χ2n) is 4.42. The summed E-state index contributed by atoms with van der Waals surface area (Å²) in [4.78, 5) is 11.7. The normalized spacial score (nSPS) is 10.2. The van der Waals surface area contributed by atoms with Gasteiger partial charge in [-0.05, 0) is 37.3 Å². The molecule has 0 saturated carbocycles. The van der Waals surface area contributed by atoms with Gasteiger partial charge in [0.25, 0.3) is 5.91 Å². The van der Waals surface area contributed by atoms with Crippen molar-refractivity contribution in [1.29, 1.82) is 0 Å². The van der Waals surface area contributed by atoms with Crippen molar-refractivity contribution >= 4 is 23.0 Å². The van der Waals surface area contributed by atoms with Gasteiger partial charge in [0.05, 0.1) is 11.4 Å². The van der Waals surface area contributed by atoms with Gasteiger partial charge in [0.2, 0.25) is 0 Å². The lowest BCUT2D eigenvalue weighted by Gasteiger charge is -2.11. The zero-order valence-electron chi connectivity index (χ0n) is 11.4. The van der Waals surface area contributed by atoms with Crippen LogP contribution in [0.1, 0.15) is 17.3 Å². The van der Waals surface area contributed by atoms with E-state index in [1.54, 1.807) is 12.1 Å². The van der Waals surface area contributed by atoms with E-state index >= 15 is 0 Å². The maximum absolute atomic E-state index is 13.1. The predicted octanol–water partition coefficient (Wildman–Crippen LogP) is 3.04. The van der Waals surface area contributed by atoms with E-state index in [1.165, 1.54) is 12.1 Å². The van der Waals surface area contributed by atoms with Crippen LogP contribution in [0.15, 0.2) is 36.4 Å². The van der Waals surface area contributed by atoms with E-state index in [0.717, 1.165) is 12.1 Å². The lowest BCUT2D eigenvalue weighted by molar-refractivity contribution is 0.0956. The Hall–Kier alpha value is -2.63. The maximum Gasteiger partial charge on any atom is 0.251 e. The van der Waals surface area contributed by atoms with E-state index in [2.05, 4.69) is 10.6 Å². The Kier molecular flexibility index (Phi) is 4.37. The van der Waals surface area contributed by atoms with Gasteiger partial charge in [0.1, 0.15) is 0 Å². The molecule has 0 unspecified atom stereocenters. The van der Waals surface area contributed by atoms with Gasteiger partial charge in [-0.3, -0.25) is 4.79 Å². The largest absolute Gasteiger partial charge is 0.397 e. The van der Waals surface area contributed by atoms with Crippen LogP contribution >= 0.6 is 0 Å².